The van der Waals surface area contributed by atoms with Gasteiger partial charge in [0.2, 0.25) is 0 Å². The molecule has 1 heterocycles. The van der Waals surface area contributed by atoms with Crippen LogP contribution in [0.25, 0.3) is 0 Å². The third-order valence-corrected chi connectivity index (χ3v) is 2.15. The zero-order valence-corrected chi connectivity index (χ0v) is 8.46. The molecule has 1 aromatic rings. The highest BCUT2D eigenvalue weighted by atomic mass is 14.8. The molecule has 0 aromatic carbocycles. The molecule has 0 bridgehead atoms. The first-order chi connectivity index (χ1) is 6.20. The molecule has 0 spiro atoms. The number of hydrogen-bond acceptors (Lipinski definition) is 2. The number of nitrogens with two attached hydrogens (primary N) is 1. The van der Waals surface area contributed by atoms with Gasteiger partial charge in [0, 0.05) is 6.20 Å². The predicted octanol–water partition coefficient (Wildman–Crippen LogP) is 2.64. The molecule has 1 rings (SSSR count). The maximum absolute atomic E-state index is 5.73. The maximum Gasteiger partial charge on any atom is 0.126 e. The van der Waals surface area contributed by atoms with E-state index in [1.165, 1.54) is 18.4 Å². The van der Waals surface area contributed by atoms with Crippen molar-refractivity contribution in [2.45, 2.75) is 33.1 Å². The van der Waals surface area contributed by atoms with Gasteiger partial charge in [0.1, 0.15) is 5.82 Å². The maximum atomic E-state index is 5.73. The summed E-state index contributed by atoms with van der Waals surface area (Å²) in [6.45, 7) is 4.49. The molecule has 0 saturated heterocycles. The van der Waals surface area contributed by atoms with E-state index in [0.29, 0.717) is 5.82 Å². The van der Waals surface area contributed by atoms with Crippen LogP contribution < -0.4 is 5.73 Å². The van der Waals surface area contributed by atoms with Crippen molar-refractivity contribution in [3.63, 3.8) is 0 Å². The van der Waals surface area contributed by atoms with E-state index in [-0.39, 0.29) is 0 Å². The molecule has 0 saturated carbocycles. The van der Waals surface area contributed by atoms with Crippen LogP contribution >= 0.6 is 0 Å². The molecule has 0 aliphatic carbocycles. The molecule has 0 amide bonds. The Morgan fingerprint density at radius 1 is 1.46 bits per heavy atom. The van der Waals surface area contributed by atoms with E-state index >= 15 is 0 Å². The van der Waals surface area contributed by atoms with Gasteiger partial charge in [-0.1, -0.05) is 26.3 Å². The average molecular weight is 178 g/mol. The summed E-state index contributed by atoms with van der Waals surface area (Å²) in [5, 5.41) is 0. The van der Waals surface area contributed by atoms with Crippen LogP contribution in [-0.2, 0) is 6.42 Å². The molecule has 72 valence electrons. The first kappa shape index (κ1) is 10.0. The second-order valence-electron chi connectivity index (χ2n) is 3.83. The summed E-state index contributed by atoms with van der Waals surface area (Å²) in [5.74, 6) is 1.46. The van der Waals surface area contributed by atoms with Gasteiger partial charge in [0.05, 0.1) is 0 Å². The van der Waals surface area contributed by atoms with Gasteiger partial charge < -0.3 is 5.73 Å². The minimum absolute atomic E-state index is 0.686. The summed E-state index contributed by atoms with van der Waals surface area (Å²) < 4.78 is 0. The first-order valence-corrected chi connectivity index (χ1v) is 4.89. The number of nitrogen functional groups attached to an aromatic ring is 1. The molecule has 2 nitrogen and oxygen atoms in total. The molecule has 0 fully saturated rings. The number of aryl methyl sites for hydroxylation is 1. The molecular formula is C11H18N2. The first-order valence-electron chi connectivity index (χ1n) is 4.89. The van der Waals surface area contributed by atoms with Gasteiger partial charge >= 0.3 is 0 Å². The van der Waals surface area contributed by atoms with Crippen LogP contribution in [0.2, 0.25) is 0 Å². The lowest BCUT2D eigenvalue weighted by Crippen LogP contribution is -1.98. The van der Waals surface area contributed by atoms with Crippen molar-refractivity contribution in [2.75, 3.05) is 5.73 Å². The molecule has 0 radical (unpaired) electrons. The number of hydrogen-bond donors (Lipinski definition) is 1. The van der Waals surface area contributed by atoms with E-state index in [2.05, 4.69) is 24.9 Å². The summed E-state index contributed by atoms with van der Waals surface area (Å²) in [5.41, 5.74) is 6.91. The third-order valence-electron chi connectivity index (χ3n) is 2.15. The van der Waals surface area contributed by atoms with Crippen molar-refractivity contribution in [3.05, 3.63) is 23.9 Å². The topological polar surface area (TPSA) is 38.9 Å². The highest BCUT2D eigenvalue weighted by Crippen LogP contribution is 2.13. The third kappa shape index (κ3) is 3.45. The van der Waals surface area contributed by atoms with Crippen LogP contribution in [0.5, 0.6) is 0 Å². The second kappa shape index (κ2) is 4.85. The summed E-state index contributed by atoms with van der Waals surface area (Å²) in [4.78, 5) is 4.05. The van der Waals surface area contributed by atoms with Gasteiger partial charge in [-0.25, -0.2) is 4.98 Å². The van der Waals surface area contributed by atoms with Crippen LogP contribution in [0.3, 0.4) is 0 Å². The van der Waals surface area contributed by atoms with Gasteiger partial charge in [-0.15, -0.1) is 0 Å². The lowest BCUT2D eigenvalue weighted by atomic mass is 10.0. The van der Waals surface area contributed by atoms with Crippen molar-refractivity contribution in [3.8, 4) is 0 Å². The fraction of sp³-hybridized carbons (Fsp3) is 0.545. The molecule has 0 aliphatic heterocycles. The Hall–Kier alpha value is -1.05. The van der Waals surface area contributed by atoms with E-state index in [1.807, 2.05) is 6.07 Å². The van der Waals surface area contributed by atoms with Crippen molar-refractivity contribution in [1.82, 2.24) is 4.98 Å². The predicted molar refractivity (Wildman–Crippen MR) is 56.4 cm³/mol. The molecule has 0 aliphatic rings. The highest BCUT2D eigenvalue weighted by Gasteiger charge is 1.99. The lowest BCUT2D eigenvalue weighted by molar-refractivity contribution is 0.556. The van der Waals surface area contributed by atoms with Crippen LogP contribution in [0.4, 0.5) is 5.82 Å². The zero-order valence-electron chi connectivity index (χ0n) is 8.46. The van der Waals surface area contributed by atoms with Crippen molar-refractivity contribution < 1.29 is 0 Å². The molecule has 13 heavy (non-hydrogen) atoms. The zero-order chi connectivity index (χ0) is 9.68. The number of rotatable bonds is 4. The highest BCUT2D eigenvalue weighted by molar-refractivity contribution is 5.38. The molecule has 1 aromatic heterocycles. The Bertz CT molecular complexity index is 256. The summed E-state index contributed by atoms with van der Waals surface area (Å²) in [7, 11) is 0. The van der Waals surface area contributed by atoms with Gasteiger partial charge in [-0.3, -0.25) is 0 Å². The van der Waals surface area contributed by atoms with Gasteiger partial charge in [0.15, 0.2) is 0 Å². The molecular weight excluding hydrogens is 160 g/mol. The summed E-state index contributed by atoms with van der Waals surface area (Å²) in [6.07, 6.45) is 5.25. The fourth-order valence-corrected chi connectivity index (χ4v) is 1.36. The van der Waals surface area contributed by atoms with E-state index in [1.54, 1.807) is 6.20 Å². The molecule has 2 heteroatoms. The SMILES string of the molecule is CC(C)CCCc1cccnc1N. The van der Waals surface area contributed by atoms with E-state index < -0.39 is 0 Å². The normalized spacial score (nSPS) is 10.7. The number of nitrogens with zero attached hydrogens (tertiary/aromatic N) is 1. The fourth-order valence-electron chi connectivity index (χ4n) is 1.36. The van der Waals surface area contributed by atoms with E-state index in [0.717, 1.165) is 12.3 Å². The van der Waals surface area contributed by atoms with Gasteiger partial charge in [0.25, 0.3) is 0 Å². The van der Waals surface area contributed by atoms with Crippen molar-refractivity contribution in [1.29, 1.82) is 0 Å². The van der Waals surface area contributed by atoms with Crippen LogP contribution in [0.1, 0.15) is 32.3 Å². The number of pyridine rings is 1. The van der Waals surface area contributed by atoms with Crippen LogP contribution in [0, 0.1) is 5.92 Å². The Morgan fingerprint density at radius 3 is 2.85 bits per heavy atom. The molecule has 2 N–H and O–H groups in total. The Kier molecular flexibility index (Phi) is 3.74. The molecule has 0 unspecified atom stereocenters. The Morgan fingerprint density at radius 2 is 2.23 bits per heavy atom. The minimum Gasteiger partial charge on any atom is -0.383 e. The largest absolute Gasteiger partial charge is 0.383 e. The van der Waals surface area contributed by atoms with Gasteiger partial charge in [-0.05, 0) is 30.4 Å². The average Bonchev–Trinajstić information content (AvgIpc) is 2.08. The number of anilines is 1. The van der Waals surface area contributed by atoms with Crippen LogP contribution in [0.15, 0.2) is 18.3 Å². The van der Waals surface area contributed by atoms with Crippen molar-refractivity contribution >= 4 is 5.82 Å². The van der Waals surface area contributed by atoms with Crippen LogP contribution in [-0.4, -0.2) is 4.98 Å². The Labute approximate surface area is 80.2 Å². The van der Waals surface area contributed by atoms with E-state index in [4.69, 9.17) is 5.73 Å². The Balaban J connectivity index is 2.41. The standard InChI is InChI=1S/C11H18N2/c1-9(2)5-3-6-10-7-4-8-13-11(10)12/h4,7-9H,3,5-6H2,1-2H3,(H2,12,13). The smallest absolute Gasteiger partial charge is 0.126 e. The minimum atomic E-state index is 0.686. The lowest BCUT2D eigenvalue weighted by Gasteiger charge is -2.05. The summed E-state index contributed by atoms with van der Waals surface area (Å²) >= 11 is 0. The molecule has 0 atom stereocenters. The van der Waals surface area contributed by atoms with Crippen molar-refractivity contribution in [2.24, 2.45) is 5.92 Å². The monoisotopic (exact) mass is 178 g/mol. The second-order valence-corrected chi connectivity index (χ2v) is 3.83. The van der Waals surface area contributed by atoms with Gasteiger partial charge in [-0.2, -0.15) is 0 Å². The quantitative estimate of drug-likeness (QED) is 0.769. The number of aromatic nitrogens is 1. The summed E-state index contributed by atoms with van der Waals surface area (Å²) in [6, 6.07) is 4.00. The van der Waals surface area contributed by atoms with E-state index in [9.17, 15) is 0 Å².